The van der Waals surface area contributed by atoms with E-state index in [0.717, 1.165) is 38.0 Å². The maximum absolute atomic E-state index is 5.85. The lowest BCUT2D eigenvalue weighted by atomic mass is 10.2. The Labute approximate surface area is 119 Å². The van der Waals surface area contributed by atoms with Gasteiger partial charge in [0.2, 0.25) is 5.75 Å². The molecule has 0 bridgehead atoms. The van der Waals surface area contributed by atoms with Gasteiger partial charge in [0.1, 0.15) is 6.33 Å². The van der Waals surface area contributed by atoms with E-state index in [1.165, 1.54) is 32.0 Å². The van der Waals surface area contributed by atoms with Crippen LogP contribution in [0.15, 0.2) is 6.33 Å². The van der Waals surface area contributed by atoms with E-state index in [4.69, 9.17) is 10.5 Å². The number of anilines is 2. The van der Waals surface area contributed by atoms with Crippen LogP contribution in [0.5, 0.6) is 5.75 Å². The third kappa shape index (κ3) is 2.52. The van der Waals surface area contributed by atoms with Crippen LogP contribution in [0.25, 0.3) is 0 Å². The molecule has 1 aliphatic heterocycles. The summed E-state index contributed by atoms with van der Waals surface area (Å²) in [6.07, 6.45) is 7.02. The number of nitrogens with two attached hydrogens (primary N) is 1. The number of aromatic nitrogens is 2. The maximum Gasteiger partial charge on any atom is 0.204 e. The molecule has 3 rings (SSSR count). The quantitative estimate of drug-likeness (QED) is 0.893. The molecule has 0 aromatic carbocycles. The highest BCUT2D eigenvalue weighted by atomic mass is 16.5. The Balaban J connectivity index is 1.67. The summed E-state index contributed by atoms with van der Waals surface area (Å²) in [7, 11) is 1.62. The molecule has 0 spiro atoms. The molecule has 2 aliphatic rings. The zero-order chi connectivity index (χ0) is 13.9. The zero-order valence-electron chi connectivity index (χ0n) is 12.1. The molecular formula is C14H23N5O. The molecule has 1 saturated carbocycles. The maximum atomic E-state index is 5.85. The number of ether oxygens (including phenoxy) is 1. The van der Waals surface area contributed by atoms with E-state index in [2.05, 4.69) is 19.8 Å². The first kappa shape index (κ1) is 13.4. The van der Waals surface area contributed by atoms with Crippen molar-refractivity contribution in [1.29, 1.82) is 0 Å². The van der Waals surface area contributed by atoms with Crippen LogP contribution < -0.4 is 15.4 Å². The average molecular weight is 277 g/mol. The van der Waals surface area contributed by atoms with Gasteiger partial charge < -0.3 is 15.4 Å². The number of hydrogen-bond acceptors (Lipinski definition) is 6. The molecule has 20 heavy (non-hydrogen) atoms. The minimum absolute atomic E-state index is 0.413. The van der Waals surface area contributed by atoms with Gasteiger partial charge in [-0.1, -0.05) is 12.8 Å². The van der Waals surface area contributed by atoms with Crippen LogP contribution in [-0.4, -0.2) is 54.2 Å². The smallest absolute Gasteiger partial charge is 0.204 e. The van der Waals surface area contributed by atoms with Crippen molar-refractivity contribution < 1.29 is 4.74 Å². The molecule has 0 unspecified atom stereocenters. The summed E-state index contributed by atoms with van der Waals surface area (Å²) in [5, 5.41) is 0. The Morgan fingerprint density at radius 2 is 1.85 bits per heavy atom. The first-order valence-electron chi connectivity index (χ1n) is 7.43. The van der Waals surface area contributed by atoms with Crippen LogP contribution in [-0.2, 0) is 0 Å². The average Bonchev–Trinajstić information content (AvgIpc) is 3.01. The summed E-state index contributed by atoms with van der Waals surface area (Å²) in [6.45, 7) is 4.14. The zero-order valence-corrected chi connectivity index (χ0v) is 12.1. The first-order chi connectivity index (χ1) is 9.79. The molecule has 1 aliphatic carbocycles. The van der Waals surface area contributed by atoms with Crippen LogP contribution in [0.4, 0.5) is 11.6 Å². The Kier molecular flexibility index (Phi) is 3.91. The molecular weight excluding hydrogens is 254 g/mol. The van der Waals surface area contributed by atoms with Gasteiger partial charge in [-0.15, -0.1) is 0 Å². The van der Waals surface area contributed by atoms with E-state index in [1.807, 2.05) is 0 Å². The van der Waals surface area contributed by atoms with Gasteiger partial charge in [-0.25, -0.2) is 9.97 Å². The lowest BCUT2D eigenvalue weighted by Crippen LogP contribution is -2.50. The van der Waals surface area contributed by atoms with Crippen molar-refractivity contribution in [2.24, 2.45) is 0 Å². The van der Waals surface area contributed by atoms with E-state index in [9.17, 15) is 0 Å². The van der Waals surface area contributed by atoms with Crippen LogP contribution in [0, 0.1) is 0 Å². The SMILES string of the molecule is COc1c(N)ncnc1N1CCN(C2CCCC2)CC1. The van der Waals surface area contributed by atoms with Gasteiger partial charge in [0.05, 0.1) is 7.11 Å². The molecule has 0 amide bonds. The van der Waals surface area contributed by atoms with Gasteiger partial charge in [-0.05, 0) is 12.8 Å². The minimum atomic E-state index is 0.413. The second-order valence-electron chi connectivity index (χ2n) is 5.58. The van der Waals surface area contributed by atoms with Gasteiger partial charge in [0.25, 0.3) is 0 Å². The van der Waals surface area contributed by atoms with Crippen molar-refractivity contribution in [3.8, 4) is 5.75 Å². The largest absolute Gasteiger partial charge is 0.490 e. The fourth-order valence-corrected chi connectivity index (χ4v) is 3.37. The number of piperazine rings is 1. The van der Waals surface area contributed by atoms with E-state index >= 15 is 0 Å². The highest BCUT2D eigenvalue weighted by molar-refractivity contribution is 5.62. The van der Waals surface area contributed by atoms with Crippen LogP contribution >= 0.6 is 0 Å². The lowest BCUT2D eigenvalue weighted by Gasteiger charge is -2.38. The Hall–Kier alpha value is -1.56. The van der Waals surface area contributed by atoms with E-state index in [1.54, 1.807) is 7.11 Å². The predicted molar refractivity (Wildman–Crippen MR) is 79.0 cm³/mol. The summed E-state index contributed by atoms with van der Waals surface area (Å²) < 4.78 is 5.35. The van der Waals surface area contributed by atoms with Crippen molar-refractivity contribution in [2.75, 3.05) is 43.9 Å². The molecule has 110 valence electrons. The summed E-state index contributed by atoms with van der Waals surface area (Å²) in [5.41, 5.74) is 5.85. The summed E-state index contributed by atoms with van der Waals surface area (Å²) in [4.78, 5) is 13.2. The van der Waals surface area contributed by atoms with E-state index in [-0.39, 0.29) is 0 Å². The predicted octanol–water partition coefficient (Wildman–Crippen LogP) is 1.13. The van der Waals surface area contributed by atoms with Gasteiger partial charge in [0.15, 0.2) is 11.6 Å². The molecule has 2 fully saturated rings. The lowest BCUT2D eigenvalue weighted by molar-refractivity contribution is 0.187. The molecule has 1 saturated heterocycles. The van der Waals surface area contributed by atoms with Crippen LogP contribution in [0.3, 0.4) is 0 Å². The molecule has 2 heterocycles. The molecule has 2 N–H and O–H groups in total. The van der Waals surface area contributed by atoms with Crippen LogP contribution in [0.2, 0.25) is 0 Å². The molecule has 1 aromatic rings. The van der Waals surface area contributed by atoms with Crippen molar-refractivity contribution in [1.82, 2.24) is 14.9 Å². The fraction of sp³-hybridized carbons (Fsp3) is 0.714. The molecule has 0 atom stereocenters. The topological polar surface area (TPSA) is 67.5 Å². The highest BCUT2D eigenvalue weighted by Crippen LogP contribution is 2.31. The number of nitrogens with zero attached hydrogens (tertiary/aromatic N) is 4. The number of nitrogen functional groups attached to an aromatic ring is 1. The molecule has 1 aromatic heterocycles. The van der Waals surface area contributed by atoms with E-state index < -0.39 is 0 Å². The minimum Gasteiger partial charge on any atom is -0.490 e. The van der Waals surface area contributed by atoms with Crippen LogP contribution in [0.1, 0.15) is 25.7 Å². The summed E-state index contributed by atoms with van der Waals surface area (Å²) in [6, 6.07) is 0.800. The van der Waals surface area contributed by atoms with E-state index in [0.29, 0.717) is 11.6 Å². The molecule has 6 heteroatoms. The van der Waals surface area contributed by atoms with Crippen molar-refractivity contribution >= 4 is 11.6 Å². The normalized spacial score (nSPS) is 21.4. The van der Waals surface area contributed by atoms with Crippen molar-refractivity contribution in [3.63, 3.8) is 0 Å². The third-order valence-corrected chi connectivity index (χ3v) is 4.47. The second-order valence-corrected chi connectivity index (χ2v) is 5.58. The monoisotopic (exact) mass is 277 g/mol. The summed E-state index contributed by atoms with van der Waals surface area (Å²) in [5.74, 6) is 1.84. The first-order valence-corrected chi connectivity index (χ1v) is 7.43. The fourth-order valence-electron chi connectivity index (χ4n) is 3.37. The van der Waals surface area contributed by atoms with Crippen molar-refractivity contribution in [2.45, 2.75) is 31.7 Å². The highest BCUT2D eigenvalue weighted by Gasteiger charge is 2.27. The summed E-state index contributed by atoms with van der Waals surface area (Å²) >= 11 is 0. The number of hydrogen-bond donors (Lipinski definition) is 1. The van der Waals surface area contributed by atoms with Gasteiger partial charge in [-0.2, -0.15) is 0 Å². The Morgan fingerprint density at radius 1 is 1.15 bits per heavy atom. The van der Waals surface area contributed by atoms with Gasteiger partial charge in [0, 0.05) is 32.2 Å². The Bertz CT molecular complexity index is 453. The number of methoxy groups -OCH3 is 1. The number of rotatable bonds is 3. The standard InChI is InChI=1S/C14H23N5O/c1-20-12-13(15)16-10-17-14(12)19-8-6-18(7-9-19)11-4-2-3-5-11/h10-11H,2-9H2,1H3,(H2,15,16,17). The molecule has 6 nitrogen and oxygen atoms in total. The second kappa shape index (κ2) is 5.83. The molecule has 0 radical (unpaired) electrons. The Morgan fingerprint density at radius 3 is 2.50 bits per heavy atom. The van der Waals surface area contributed by atoms with Gasteiger partial charge >= 0.3 is 0 Å². The van der Waals surface area contributed by atoms with Crippen molar-refractivity contribution in [3.05, 3.63) is 6.33 Å². The third-order valence-electron chi connectivity index (χ3n) is 4.47. The van der Waals surface area contributed by atoms with Gasteiger partial charge in [-0.3, -0.25) is 4.90 Å².